The van der Waals surface area contributed by atoms with Gasteiger partial charge in [-0.25, -0.2) is 0 Å². The summed E-state index contributed by atoms with van der Waals surface area (Å²) in [5.41, 5.74) is 1.45. The van der Waals surface area contributed by atoms with Crippen molar-refractivity contribution in [3.05, 3.63) is 35.9 Å². The Morgan fingerprint density at radius 3 is 2.39 bits per heavy atom. The predicted octanol–water partition coefficient (Wildman–Crippen LogP) is 3.99. The fourth-order valence-electron chi connectivity index (χ4n) is 2.71. The minimum absolute atomic E-state index is 0.605. The largest absolute Gasteiger partial charge is 0.301 e. The van der Waals surface area contributed by atoms with Crippen molar-refractivity contribution in [3.63, 3.8) is 0 Å². The Hall–Kier alpha value is 0.01000. The summed E-state index contributed by atoms with van der Waals surface area (Å²) in [4.78, 5) is 2.63. The molecule has 3 atom stereocenters. The molecule has 1 aromatic carbocycles. The number of hydrogen-bond acceptors (Lipinski definition) is 2. The van der Waals surface area contributed by atoms with E-state index in [1.807, 2.05) is 0 Å². The Morgan fingerprint density at radius 1 is 1.22 bits per heavy atom. The molecule has 1 aliphatic rings. The van der Waals surface area contributed by atoms with E-state index in [4.69, 9.17) is 0 Å². The van der Waals surface area contributed by atoms with E-state index in [2.05, 4.69) is 76.8 Å². The van der Waals surface area contributed by atoms with Crippen molar-refractivity contribution in [2.24, 2.45) is 0 Å². The van der Waals surface area contributed by atoms with E-state index in [1.54, 1.807) is 0 Å². The summed E-state index contributed by atoms with van der Waals surface area (Å²) in [6, 6.07) is 10.9. The zero-order valence-electron chi connectivity index (χ0n) is 11.2. The van der Waals surface area contributed by atoms with Crippen LogP contribution in [0.2, 0.25) is 0 Å². The topological polar surface area (TPSA) is 3.24 Å². The minimum Gasteiger partial charge on any atom is -0.301 e. The lowest BCUT2D eigenvalue weighted by molar-refractivity contribution is 0.259. The van der Waals surface area contributed by atoms with Gasteiger partial charge in [0.25, 0.3) is 0 Å². The Bertz CT molecular complexity index is 347. The van der Waals surface area contributed by atoms with Crippen LogP contribution in [-0.2, 0) is 0 Å². The maximum atomic E-state index is 3.68. The van der Waals surface area contributed by atoms with Crippen LogP contribution < -0.4 is 0 Å². The summed E-state index contributed by atoms with van der Waals surface area (Å²) >= 11 is 5.80. The molecule has 1 heterocycles. The molecule has 0 aliphatic carbocycles. The first-order valence-corrected chi connectivity index (χ1v) is 8.74. The molecule has 1 nitrogen and oxygen atoms in total. The molecule has 1 saturated heterocycles. The van der Waals surface area contributed by atoms with E-state index in [0.29, 0.717) is 5.92 Å². The zero-order chi connectivity index (χ0) is 13.0. The molecule has 0 saturated carbocycles. The number of hydrogen-bond donors (Lipinski definition) is 0. The molecule has 18 heavy (non-hydrogen) atoms. The summed E-state index contributed by atoms with van der Waals surface area (Å²) in [6.07, 6.45) is 0. The van der Waals surface area contributed by atoms with E-state index in [9.17, 15) is 0 Å². The van der Waals surface area contributed by atoms with Crippen LogP contribution in [0.25, 0.3) is 0 Å². The SMILES string of the molecule is CC1CN(CC(CBr)c2ccccc2)CC(C)S1. The smallest absolute Gasteiger partial charge is 0.0149 e. The summed E-state index contributed by atoms with van der Waals surface area (Å²) in [7, 11) is 0. The number of halogens is 1. The van der Waals surface area contributed by atoms with Crippen LogP contribution in [0.4, 0.5) is 0 Å². The second kappa shape index (κ2) is 6.97. The lowest BCUT2D eigenvalue weighted by Gasteiger charge is -2.36. The monoisotopic (exact) mass is 327 g/mol. The molecule has 3 heteroatoms. The Kier molecular flexibility index (Phi) is 5.58. The third kappa shape index (κ3) is 4.01. The maximum absolute atomic E-state index is 3.68. The van der Waals surface area contributed by atoms with Crippen molar-refractivity contribution >= 4 is 27.7 Å². The third-order valence-corrected chi connectivity index (χ3v) is 5.44. The van der Waals surface area contributed by atoms with Gasteiger partial charge in [-0.1, -0.05) is 60.1 Å². The van der Waals surface area contributed by atoms with Gasteiger partial charge in [-0.3, -0.25) is 0 Å². The van der Waals surface area contributed by atoms with E-state index >= 15 is 0 Å². The molecule has 0 bridgehead atoms. The van der Waals surface area contributed by atoms with Crippen molar-refractivity contribution in [1.82, 2.24) is 4.90 Å². The van der Waals surface area contributed by atoms with Crippen LogP contribution in [0.1, 0.15) is 25.3 Å². The average molecular weight is 328 g/mol. The summed E-state index contributed by atoms with van der Waals surface area (Å²) < 4.78 is 0. The van der Waals surface area contributed by atoms with Crippen LogP contribution in [0, 0.1) is 0 Å². The van der Waals surface area contributed by atoms with Gasteiger partial charge in [-0.2, -0.15) is 11.8 Å². The molecule has 100 valence electrons. The third-order valence-electron chi connectivity index (χ3n) is 3.43. The summed E-state index contributed by atoms with van der Waals surface area (Å²) in [5.74, 6) is 0.605. The normalized spacial score (nSPS) is 27.1. The lowest BCUT2D eigenvalue weighted by Crippen LogP contribution is -2.42. The quantitative estimate of drug-likeness (QED) is 0.769. The number of nitrogens with zero attached hydrogens (tertiary/aromatic N) is 1. The molecule has 1 fully saturated rings. The Balaban J connectivity index is 1.98. The lowest BCUT2D eigenvalue weighted by atomic mass is 10.0. The van der Waals surface area contributed by atoms with Crippen LogP contribution in [0.5, 0.6) is 0 Å². The van der Waals surface area contributed by atoms with Gasteiger partial charge in [-0.15, -0.1) is 0 Å². The highest BCUT2D eigenvalue weighted by atomic mass is 79.9. The molecule has 0 aromatic heterocycles. The second-order valence-corrected chi connectivity index (χ2v) is 7.77. The number of benzene rings is 1. The van der Waals surface area contributed by atoms with Crippen molar-refractivity contribution < 1.29 is 0 Å². The van der Waals surface area contributed by atoms with E-state index < -0.39 is 0 Å². The fraction of sp³-hybridized carbons (Fsp3) is 0.600. The highest BCUT2D eigenvalue weighted by molar-refractivity contribution is 9.09. The molecule has 1 aliphatic heterocycles. The van der Waals surface area contributed by atoms with Gasteiger partial charge in [0, 0.05) is 41.4 Å². The Labute approximate surface area is 123 Å². The number of rotatable bonds is 4. The fourth-order valence-corrected chi connectivity index (χ4v) is 4.68. The van der Waals surface area contributed by atoms with Gasteiger partial charge in [0.15, 0.2) is 0 Å². The van der Waals surface area contributed by atoms with Gasteiger partial charge in [-0.05, 0) is 5.56 Å². The molecular weight excluding hydrogens is 306 g/mol. The molecule has 0 radical (unpaired) electrons. The second-order valence-electron chi connectivity index (χ2n) is 5.24. The van der Waals surface area contributed by atoms with Gasteiger partial charge < -0.3 is 4.90 Å². The first-order valence-electron chi connectivity index (χ1n) is 6.67. The minimum atomic E-state index is 0.605. The molecular formula is C15H22BrNS. The summed E-state index contributed by atoms with van der Waals surface area (Å²) in [5, 5.41) is 2.57. The van der Waals surface area contributed by atoms with E-state index in [0.717, 1.165) is 15.8 Å². The first kappa shape index (κ1) is 14.4. The van der Waals surface area contributed by atoms with Crippen molar-refractivity contribution in [2.75, 3.05) is 25.0 Å². The molecule has 0 amide bonds. The maximum Gasteiger partial charge on any atom is 0.0149 e. The van der Waals surface area contributed by atoms with Gasteiger partial charge in [0.1, 0.15) is 0 Å². The molecule has 2 rings (SSSR count). The van der Waals surface area contributed by atoms with E-state index in [1.165, 1.54) is 25.2 Å². The van der Waals surface area contributed by atoms with Crippen LogP contribution in [0.3, 0.4) is 0 Å². The molecule has 0 spiro atoms. The number of thioether (sulfide) groups is 1. The average Bonchev–Trinajstić information content (AvgIpc) is 2.36. The predicted molar refractivity (Wildman–Crippen MR) is 85.9 cm³/mol. The van der Waals surface area contributed by atoms with Crippen LogP contribution >= 0.6 is 27.7 Å². The molecule has 1 aromatic rings. The highest BCUT2D eigenvalue weighted by Crippen LogP contribution is 2.27. The Morgan fingerprint density at radius 2 is 1.83 bits per heavy atom. The first-order chi connectivity index (χ1) is 8.69. The molecule has 3 unspecified atom stereocenters. The van der Waals surface area contributed by atoms with Crippen molar-refractivity contribution in [2.45, 2.75) is 30.3 Å². The summed E-state index contributed by atoms with van der Waals surface area (Å²) in [6.45, 7) is 8.32. The van der Waals surface area contributed by atoms with Crippen molar-refractivity contribution in [1.29, 1.82) is 0 Å². The van der Waals surface area contributed by atoms with Gasteiger partial charge in [0.2, 0.25) is 0 Å². The van der Waals surface area contributed by atoms with Gasteiger partial charge >= 0.3 is 0 Å². The molecule has 0 N–H and O–H groups in total. The zero-order valence-corrected chi connectivity index (χ0v) is 13.6. The highest BCUT2D eigenvalue weighted by Gasteiger charge is 2.24. The van der Waals surface area contributed by atoms with Crippen LogP contribution in [-0.4, -0.2) is 40.4 Å². The van der Waals surface area contributed by atoms with Gasteiger partial charge in [0.05, 0.1) is 0 Å². The van der Waals surface area contributed by atoms with E-state index in [-0.39, 0.29) is 0 Å². The van der Waals surface area contributed by atoms with Crippen molar-refractivity contribution in [3.8, 4) is 0 Å². The number of alkyl halides is 1. The van der Waals surface area contributed by atoms with Crippen LogP contribution in [0.15, 0.2) is 30.3 Å². The standard InChI is InChI=1S/C15H22BrNS/c1-12-9-17(10-13(2)18-12)11-15(8-16)14-6-4-3-5-7-14/h3-7,12-13,15H,8-11H2,1-2H3.